The molecule has 1 atom stereocenters. The maximum absolute atomic E-state index is 12.6. The van der Waals surface area contributed by atoms with Gasteiger partial charge in [0.1, 0.15) is 5.25 Å². The first-order valence-electron chi connectivity index (χ1n) is 7.14. The topological polar surface area (TPSA) is 61.8 Å². The standard InChI is InChI=1S/C15H18BrN3O2S/c1-3-17-15(18-4-2)22-12-9-13(20)19(14(12)21)11-7-5-6-10(16)8-11/h5-8,12H,3-4,9H2,1-2H3,(H,17,18)/t12-/m0/s1. The molecule has 7 heteroatoms. The highest BCUT2D eigenvalue weighted by atomic mass is 79.9. The van der Waals surface area contributed by atoms with E-state index in [1.54, 1.807) is 12.1 Å². The van der Waals surface area contributed by atoms with Gasteiger partial charge in [0.2, 0.25) is 11.8 Å². The van der Waals surface area contributed by atoms with Gasteiger partial charge in [-0.15, -0.1) is 0 Å². The van der Waals surface area contributed by atoms with E-state index in [9.17, 15) is 9.59 Å². The van der Waals surface area contributed by atoms with Crippen LogP contribution in [-0.2, 0) is 9.59 Å². The first-order chi connectivity index (χ1) is 10.6. The molecule has 1 aliphatic rings. The lowest BCUT2D eigenvalue weighted by molar-refractivity contribution is -0.121. The van der Waals surface area contributed by atoms with Crippen LogP contribution in [0.4, 0.5) is 5.69 Å². The van der Waals surface area contributed by atoms with Crippen molar-refractivity contribution < 1.29 is 9.59 Å². The predicted octanol–water partition coefficient (Wildman–Crippen LogP) is 2.80. The molecule has 1 saturated heterocycles. The highest BCUT2D eigenvalue weighted by molar-refractivity contribution is 9.10. The van der Waals surface area contributed by atoms with Gasteiger partial charge in [0.05, 0.1) is 5.69 Å². The molecule has 1 heterocycles. The number of amides is 2. The van der Waals surface area contributed by atoms with Crippen LogP contribution in [0.2, 0.25) is 0 Å². The monoisotopic (exact) mass is 383 g/mol. The number of anilines is 1. The minimum atomic E-state index is -0.421. The lowest BCUT2D eigenvalue weighted by Gasteiger charge is -2.15. The fourth-order valence-electron chi connectivity index (χ4n) is 2.15. The predicted molar refractivity (Wildman–Crippen MR) is 94.3 cm³/mol. The van der Waals surface area contributed by atoms with Crippen molar-refractivity contribution in [2.24, 2.45) is 4.99 Å². The number of nitrogens with zero attached hydrogens (tertiary/aromatic N) is 2. The maximum Gasteiger partial charge on any atom is 0.247 e. The second kappa shape index (κ2) is 7.78. The number of benzene rings is 1. The number of hydrogen-bond acceptors (Lipinski definition) is 4. The normalized spacial score (nSPS) is 19.0. The van der Waals surface area contributed by atoms with Gasteiger partial charge in [-0.25, -0.2) is 4.90 Å². The molecule has 0 aromatic heterocycles. The van der Waals surface area contributed by atoms with Crippen molar-refractivity contribution in [3.8, 4) is 0 Å². The molecule has 22 heavy (non-hydrogen) atoms. The molecule has 1 aromatic carbocycles. The van der Waals surface area contributed by atoms with E-state index < -0.39 is 5.25 Å². The Morgan fingerprint density at radius 3 is 2.86 bits per heavy atom. The van der Waals surface area contributed by atoms with Gasteiger partial charge in [0.15, 0.2) is 5.17 Å². The van der Waals surface area contributed by atoms with Crippen molar-refractivity contribution in [1.82, 2.24) is 5.32 Å². The second-order valence-electron chi connectivity index (χ2n) is 4.67. The fourth-order valence-corrected chi connectivity index (χ4v) is 3.67. The molecule has 118 valence electrons. The molecular formula is C15H18BrN3O2S. The van der Waals surface area contributed by atoms with Crippen LogP contribution < -0.4 is 10.2 Å². The molecule has 5 nitrogen and oxygen atoms in total. The summed E-state index contributed by atoms with van der Waals surface area (Å²) in [6.07, 6.45) is 0.199. The van der Waals surface area contributed by atoms with Crippen LogP contribution in [0.1, 0.15) is 20.3 Å². The summed E-state index contributed by atoms with van der Waals surface area (Å²) in [4.78, 5) is 30.4. The van der Waals surface area contributed by atoms with E-state index in [-0.39, 0.29) is 18.2 Å². The van der Waals surface area contributed by atoms with Gasteiger partial charge < -0.3 is 5.32 Å². The third-order valence-electron chi connectivity index (χ3n) is 3.06. The van der Waals surface area contributed by atoms with Gasteiger partial charge >= 0.3 is 0 Å². The Kier molecular flexibility index (Phi) is 6.02. The van der Waals surface area contributed by atoms with Crippen LogP contribution in [-0.4, -0.2) is 35.3 Å². The van der Waals surface area contributed by atoms with Crippen LogP contribution in [0.5, 0.6) is 0 Å². The number of carbonyl (C=O) groups is 2. The number of rotatable bonds is 4. The van der Waals surface area contributed by atoms with E-state index in [4.69, 9.17) is 0 Å². The Hall–Kier alpha value is -1.34. The number of halogens is 1. The van der Waals surface area contributed by atoms with Crippen LogP contribution in [0.15, 0.2) is 33.7 Å². The van der Waals surface area contributed by atoms with Gasteiger partial charge in [-0.2, -0.15) is 0 Å². The summed E-state index contributed by atoms with van der Waals surface area (Å²) in [6, 6.07) is 7.20. The average Bonchev–Trinajstić information content (AvgIpc) is 2.74. The zero-order valence-corrected chi connectivity index (χ0v) is 14.9. The van der Waals surface area contributed by atoms with Crippen LogP contribution >= 0.6 is 27.7 Å². The third-order valence-corrected chi connectivity index (χ3v) is 4.70. The van der Waals surface area contributed by atoms with E-state index in [2.05, 4.69) is 26.2 Å². The lowest BCUT2D eigenvalue weighted by Crippen LogP contribution is -2.32. The summed E-state index contributed by atoms with van der Waals surface area (Å²) in [5.41, 5.74) is 0.602. The van der Waals surface area contributed by atoms with Crippen molar-refractivity contribution in [3.63, 3.8) is 0 Å². The number of thioether (sulfide) groups is 1. The summed E-state index contributed by atoms with van der Waals surface area (Å²) in [7, 11) is 0. The second-order valence-corrected chi connectivity index (χ2v) is 6.77. The summed E-state index contributed by atoms with van der Waals surface area (Å²) >= 11 is 4.69. The molecule has 2 rings (SSSR count). The molecule has 2 amide bonds. The minimum Gasteiger partial charge on any atom is -0.365 e. The summed E-state index contributed by atoms with van der Waals surface area (Å²) in [6.45, 7) is 5.28. The van der Waals surface area contributed by atoms with E-state index in [0.29, 0.717) is 17.4 Å². The Morgan fingerprint density at radius 2 is 2.23 bits per heavy atom. The molecule has 0 aliphatic carbocycles. The zero-order chi connectivity index (χ0) is 16.1. The van der Waals surface area contributed by atoms with Crippen molar-refractivity contribution in [3.05, 3.63) is 28.7 Å². The van der Waals surface area contributed by atoms with Crippen molar-refractivity contribution in [2.75, 3.05) is 18.0 Å². The van der Waals surface area contributed by atoms with Gasteiger partial charge in [-0.05, 0) is 32.0 Å². The van der Waals surface area contributed by atoms with E-state index in [1.165, 1.54) is 16.7 Å². The molecule has 1 aliphatic heterocycles. The summed E-state index contributed by atoms with van der Waals surface area (Å²) in [5, 5.41) is 3.43. The fraction of sp³-hybridized carbons (Fsp3) is 0.400. The Labute approximate surface area is 142 Å². The summed E-state index contributed by atoms with van der Waals surface area (Å²) < 4.78 is 0.836. The Balaban J connectivity index is 2.16. The smallest absolute Gasteiger partial charge is 0.247 e. The largest absolute Gasteiger partial charge is 0.365 e. The van der Waals surface area contributed by atoms with Crippen LogP contribution in [0.25, 0.3) is 0 Å². The number of hydrogen-bond donors (Lipinski definition) is 1. The number of amidine groups is 1. The molecule has 1 fully saturated rings. The van der Waals surface area contributed by atoms with Gasteiger partial charge in [-0.3, -0.25) is 14.6 Å². The van der Waals surface area contributed by atoms with E-state index in [0.717, 1.165) is 11.0 Å². The minimum absolute atomic E-state index is 0.173. The molecule has 0 bridgehead atoms. The Morgan fingerprint density at radius 1 is 1.45 bits per heavy atom. The average molecular weight is 384 g/mol. The van der Waals surface area contributed by atoms with Gasteiger partial charge in [0, 0.05) is 24.0 Å². The quantitative estimate of drug-likeness (QED) is 0.493. The highest BCUT2D eigenvalue weighted by Crippen LogP contribution is 2.31. The van der Waals surface area contributed by atoms with Crippen molar-refractivity contribution >= 4 is 50.4 Å². The number of imide groups is 1. The molecule has 1 aromatic rings. The first kappa shape index (κ1) is 17.0. The summed E-state index contributed by atoms with van der Waals surface area (Å²) in [5.74, 6) is -0.359. The maximum atomic E-state index is 12.6. The third kappa shape index (κ3) is 3.89. The number of nitrogens with one attached hydrogen (secondary N) is 1. The molecule has 0 unspecified atom stereocenters. The first-order valence-corrected chi connectivity index (χ1v) is 8.81. The molecule has 0 saturated carbocycles. The van der Waals surface area contributed by atoms with Crippen molar-refractivity contribution in [2.45, 2.75) is 25.5 Å². The molecule has 0 spiro atoms. The van der Waals surface area contributed by atoms with Gasteiger partial charge in [0.25, 0.3) is 0 Å². The number of aliphatic imine (C=N–C) groups is 1. The van der Waals surface area contributed by atoms with Crippen LogP contribution in [0, 0.1) is 0 Å². The lowest BCUT2D eigenvalue weighted by atomic mass is 10.3. The number of carbonyl (C=O) groups excluding carboxylic acids is 2. The molecular weight excluding hydrogens is 366 g/mol. The molecule has 0 radical (unpaired) electrons. The highest BCUT2D eigenvalue weighted by Gasteiger charge is 2.40. The van der Waals surface area contributed by atoms with Crippen molar-refractivity contribution in [1.29, 1.82) is 0 Å². The molecule has 1 N–H and O–H groups in total. The van der Waals surface area contributed by atoms with E-state index >= 15 is 0 Å². The SMILES string of the molecule is CCN=C(NCC)S[C@H]1CC(=O)N(c2cccc(Br)c2)C1=O. The zero-order valence-electron chi connectivity index (χ0n) is 12.5. The van der Waals surface area contributed by atoms with E-state index in [1.807, 2.05) is 26.0 Å². The van der Waals surface area contributed by atoms with Gasteiger partial charge in [-0.1, -0.05) is 33.8 Å². The van der Waals surface area contributed by atoms with Crippen LogP contribution in [0.3, 0.4) is 0 Å². The Bertz CT molecular complexity index is 606.